The van der Waals surface area contributed by atoms with Gasteiger partial charge < -0.3 is 28.8 Å². The molecule has 0 spiro atoms. The number of ether oxygens (including phenoxy) is 3. The lowest BCUT2D eigenvalue weighted by molar-refractivity contribution is -0.109. The summed E-state index contributed by atoms with van der Waals surface area (Å²) in [5, 5.41) is 23.3. The maximum atomic E-state index is 11.7. The van der Waals surface area contributed by atoms with E-state index in [2.05, 4.69) is 41.5 Å². The standard InChI is InChI=1S/C30H44O6Si/c1-16(2)33-30-25(21-13-11-10-12-14-21)27(31)24-20(9)34-22-15-23(35-29(22)26(24)28(30)32)36-37(17(3)4,18(5)6)19(7)8/h10-14,16-20,22-23,29,31-32H,15H2,1-9H3/t20-,22-,23?,29+/m0/s1. The number of fused-ring (bicyclic) bond motifs is 3. The molecule has 204 valence electrons. The van der Waals surface area contributed by atoms with Crippen molar-refractivity contribution >= 4 is 8.32 Å². The van der Waals surface area contributed by atoms with Crippen molar-refractivity contribution < 1.29 is 28.8 Å². The van der Waals surface area contributed by atoms with Crippen molar-refractivity contribution in [3.05, 3.63) is 41.5 Å². The maximum Gasteiger partial charge on any atom is 0.203 e. The van der Waals surface area contributed by atoms with Crippen LogP contribution in [0.1, 0.15) is 92.1 Å². The minimum atomic E-state index is -2.19. The SMILES string of the molecule is CC(C)Oc1c(O)c2c(c(O)c1-c1ccccc1)[C@H](C)O[C@H]1CC(O[Si](C(C)C)(C(C)C)C(C)C)O[C@@H]21. The largest absolute Gasteiger partial charge is 0.507 e. The summed E-state index contributed by atoms with van der Waals surface area (Å²) in [4.78, 5) is 0. The number of hydrogen-bond acceptors (Lipinski definition) is 6. The van der Waals surface area contributed by atoms with Crippen molar-refractivity contribution in [2.75, 3.05) is 0 Å². The summed E-state index contributed by atoms with van der Waals surface area (Å²) in [6.45, 7) is 19.3. The first-order valence-electron chi connectivity index (χ1n) is 13.7. The Labute approximate surface area is 223 Å². The minimum Gasteiger partial charge on any atom is -0.507 e. The van der Waals surface area contributed by atoms with Crippen LogP contribution in [0, 0.1) is 0 Å². The average molecular weight is 529 g/mol. The second-order valence-electron chi connectivity index (χ2n) is 11.7. The molecule has 0 saturated carbocycles. The zero-order valence-electron chi connectivity index (χ0n) is 23.7. The minimum absolute atomic E-state index is 0.00578. The van der Waals surface area contributed by atoms with Crippen LogP contribution in [0.15, 0.2) is 30.3 Å². The van der Waals surface area contributed by atoms with Crippen molar-refractivity contribution in [1.29, 1.82) is 0 Å². The summed E-state index contributed by atoms with van der Waals surface area (Å²) < 4.78 is 26.0. The molecule has 0 aliphatic carbocycles. The van der Waals surface area contributed by atoms with E-state index in [1.807, 2.05) is 51.1 Å². The highest BCUT2D eigenvalue weighted by molar-refractivity contribution is 6.77. The highest BCUT2D eigenvalue weighted by Crippen LogP contribution is 2.58. The number of hydrogen-bond donors (Lipinski definition) is 2. The van der Waals surface area contributed by atoms with Gasteiger partial charge in [-0.05, 0) is 43.0 Å². The molecule has 7 heteroatoms. The molecule has 0 bridgehead atoms. The van der Waals surface area contributed by atoms with Crippen LogP contribution in [-0.2, 0) is 13.9 Å². The summed E-state index contributed by atoms with van der Waals surface area (Å²) in [5.74, 6) is 0.337. The van der Waals surface area contributed by atoms with E-state index >= 15 is 0 Å². The normalized spacial score (nSPS) is 23.7. The zero-order valence-corrected chi connectivity index (χ0v) is 24.7. The molecule has 2 aliphatic heterocycles. The number of benzene rings is 2. The summed E-state index contributed by atoms with van der Waals surface area (Å²) in [6.07, 6.45) is -1.32. The first-order valence-corrected chi connectivity index (χ1v) is 15.9. The molecule has 1 saturated heterocycles. The summed E-state index contributed by atoms with van der Waals surface area (Å²) in [5.41, 5.74) is 3.59. The third kappa shape index (κ3) is 4.80. The summed E-state index contributed by atoms with van der Waals surface area (Å²) in [7, 11) is -2.19. The van der Waals surface area contributed by atoms with Gasteiger partial charge in [-0.2, -0.15) is 0 Å². The Balaban J connectivity index is 1.80. The predicted molar refractivity (Wildman–Crippen MR) is 149 cm³/mol. The van der Waals surface area contributed by atoms with Gasteiger partial charge >= 0.3 is 0 Å². The quantitative estimate of drug-likeness (QED) is 0.267. The van der Waals surface area contributed by atoms with Crippen LogP contribution in [0.5, 0.6) is 17.2 Å². The van der Waals surface area contributed by atoms with E-state index in [0.29, 0.717) is 39.7 Å². The van der Waals surface area contributed by atoms with E-state index in [0.717, 1.165) is 5.56 Å². The van der Waals surface area contributed by atoms with Crippen LogP contribution in [0.2, 0.25) is 16.6 Å². The molecule has 0 radical (unpaired) electrons. The Morgan fingerprint density at radius 3 is 1.97 bits per heavy atom. The molecule has 1 unspecified atom stereocenters. The second-order valence-corrected chi connectivity index (χ2v) is 17.1. The Morgan fingerprint density at radius 1 is 0.838 bits per heavy atom. The molecule has 4 atom stereocenters. The monoisotopic (exact) mass is 528 g/mol. The van der Waals surface area contributed by atoms with Gasteiger partial charge in [0.05, 0.1) is 23.9 Å². The highest BCUT2D eigenvalue weighted by atomic mass is 28.4. The molecule has 2 aliphatic rings. The van der Waals surface area contributed by atoms with Gasteiger partial charge in [0, 0.05) is 17.5 Å². The van der Waals surface area contributed by atoms with E-state index in [1.54, 1.807) is 0 Å². The van der Waals surface area contributed by atoms with Crippen molar-refractivity contribution in [2.24, 2.45) is 0 Å². The Morgan fingerprint density at radius 2 is 1.43 bits per heavy atom. The van der Waals surface area contributed by atoms with Crippen LogP contribution >= 0.6 is 0 Å². The molecule has 2 aromatic carbocycles. The fourth-order valence-electron chi connectivity index (χ4n) is 6.70. The molecule has 2 aromatic rings. The van der Waals surface area contributed by atoms with Crippen molar-refractivity contribution in [2.45, 2.75) is 116 Å². The second kappa shape index (κ2) is 10.6. The van der Waals surface area contributed by atoms with Crippen LogP contribution in [0.3, 0.4) is 0 Å². The fraction of sp³-hybridized carbons (Fsp3) is 0.600. The van der Waals surface area contributed by atoms with Crippen LogP contribution in [0.25, 0.3) is 11.1 Å². The molecular formula is C30H44O6Si. The Hall–Kier alpha value is -2.06. The molecule has 2 heterocycles. The van der Waals surface area contributed by atoms with Gasteiger partial charge in [-0.15, -0.1) is 0 Å². The molecule has 0 amide bonds. The summed E-state index contributed by atoms with van der Waals surface area (Å²) in [6, 6.07) is 9.51. The van der Waals surface area contributed by atoms with Crippen molar-refractivity contribution in [3.63, 3.8) is 0 Å². The van der Waals surface area contributed by atoms with Gasteiger partial charge in [-0.3, -0.25) is 0 Å². The molecule has 2 N–H and O–H groups in total. The molecule has 0 aromatic heterocycles. The number of aromatic hydroxyl groups is 2. The van der Waals surface area contributed by atoms with E-state index in [1.165, 1.54) is 0 Å². The third-order valence-corrected chi connectivity index (χ3v) is 14.2. The zero-order chi connectivity index (χ0) is 27.2. The van der Waals surface area contributed by atoms with Crippen LogP contribution in [0.4, 0.5) is 0 Å². The smallest absolute Gasteiger partial charge is 0.203 e. The fourth-order valence-corrected chi connectivity index (χ4v) is 12.1. The number of rotatable bonds is 8. The van der Waals surface area contributed by atoms with Gasteiger partial charge in [0.1, 0.15) is 11.9 Å². The highest BCUT2D eigenvalue weighted by Gasteiger charge is 2.52. The van der Waals surface area contributed by atoms with Crippen molar-refractivity contribution in [1.82, 2.24) is 0 Å². The molecular weight excluding hydrogens is 484 g/mol. The van der Waals surface area contributed by atoms with E-state index in [9.17, 15) is 10.2 Å². The maximum absolute atomic E-state index is 11.7. The van der Waals surface area contributed by atoms with Crippen LogP contribution < -0.4 is 4.74 Å². The van der Waals surface area contributed by atoms with Crippen LogP contribution in [-0.4, -0.2) is 37.0 Å². The van der Waals surface area contributed by atoms with Gasteiger partial charge in [0.2, 0.25) is 8.32 Å². The van der Waals surface area contributed by atoms with Gasteiger partial charge in [-0.1, -0.05) is 71.9 Å². The van der Waals surface area contributed by atoms with Gasteiger partial charge in [-0.25, -0.2) is 0 Å². The lowest BCUT2D eigenvalue weighted by Gasteiger charge is -2.43. The first kappa shape index (κ1) is 28.0. The Kier molecular flexibility index (Phi) is 8.01. The topological polar surface area (TPSA) is 77.4 Å². The Bertz CT molecular complexity index is 1080. The van der Waals surface area contributed by atoms with E-state index in [4.69, 9.17) is 18.6 Å². The van der Waals surface area contributed by atoms with E-state index < -0.39 is 26.8 Å². The lowest BCUT2D eigenvalue weighted by Crippen LogP contribution is -2.50. The first-order chi connectivity index (χ1) is 17.4. The third-order valence-electron chi connectivity index (χ3n) is 8.07. The van der Waals surface area contributed by atoms with E-state index in [-0.39, 0.29) is 29.5 Å². The average Bonchev–Trinajstić information content (AvgIpc) is 3.21. The van der Waals surface area contributed by atoms with Gasteiger partial charge in [0.15, 0.2) is 17.8 Å². The van der Waals surface area contributed by atoms with Gasteiger partial charge in [0.25, 0.3) is 0 Å². The number of phenols is 2. The molecule has 37 heavy (non-hydrogen) atoms. The molecule has 4 rings (SSSR count). The molecule has 1 fully saturated rings. The predicted octanol–water partition coefficient (Wildman–Crippen LogP) is 7.99. The lowest BCUT2D eigenvalue weighted by atomic mass is 9.86. The molecule has 6 nitrogen and oxygen atoms in total. The summed E-state index contributed by atoms with van der Waals surface area (Å²) >= 11 is 0. The van der Waals surface area contributed by atoms with Crippen molar-refractivity contribution in [3.8, 4) is 28.4 Å². The number of phenolic OH excluding ortho intramolecular Hbond substituents is 2.